The Labute approximate surface area is 288 Å². The second-order valence-electron chi connectivity index (χ2n) is 13.7. The highest BCUT2D eigenvalue weighted by Gasteiger charge is 2.35. The van der Waals surface area contributed by atoms with E-state index < -0.39 is 0 Å². The van der Waals surface area contributed by atoms with Crippen molar-refractivity contribution in [1.29, 1.82) is 0 Å². The number of rotatable bonds is 4. The van der Waals surface area contributed by atoms with Crippen LogP contribution in [0, 0.1) is 0 Å². The summed E-state index contributed by atoms with van der Waals surface area (Å²) < 4.78 is 0. The van der Waals surface area contributed by atoms with E-state index in [1.165, 1.54) is 66.8 Å². The van der Waals surface area contributed by atoms with Gasteiger partial charge in [0, 0.05) is 28.2 Å². The van der Waals surface area contributed by atoms with Gasteiger partial charge >= 0.3 is 0 Å². The Morgan fingerprint density at radius 2 is 0.755 bits per heavy atom. The minimum Gasteiger partial charge on any atom is -0.355 e. The molecule has 1 aliphatic carbocycles. The molecule has 0 atom stereocenters. The number of para-hydroxylation sites is 2. The second-order valence-corrected chi connectivity index (χ2v) is 13.7. The Morgan fingerprint density at radius 1 is 0.388 bits per heavy atom. The van der Waals surface area contributed by atoms with Crippen molar-refractivity contribution >= 4 is 71.4 Å². The van der Waals surface area contributed by atoms with Crippen LogP contribution in [0.15, 0.2) is 121 Å². The Bertz CT molecular complexity index is 2250. The molecule has 3 aliphatic rings. The van der Waals surface area contributed by atoms with Gasteiger partial charge in [-0.25, -0.2) is 0 Å². The number of fused-ring (bicyclic) bond motifs is 7. The Morgan fingerprint density at radius 3 is 1.20 bits per heavy atom. The van der Waals surface area contributed by atoms with Crippen LogP contribution in [0.2, 0.25) is 0 Å². The summed E-state index contributed by atoms with van der Waals surface area (Å²) in [5.74, 6) is 0. The SMILES string of the molecule is CC1(C)c2cc(/C=C/c3ccc4c(c3)Nc3ccccc3C=C4)ccc2-c2ccc(/C=C/c3ccc4c(c3)Nc3ccccc3C=C4)cc21. The predicted molar refractivity (Wildman–Crippen MR) is 212 cm³/mol. The van der Waals surface area contributed by atoms with E-state index in [0.717, 1.165) is 22.7 Å². The highest BCUT2D eigenvalue weighted by molar-refractivity contribution is 5.91. The lowest BCUT2D eigenvalue weighted by Crippen LogP contribution is -2.15. The zero-order chi connectivity index (χ0) is 33.0. The van der Waals surface area contributed by atoms with Gasteiger partial charge in [0.1, 0.15) is 0 Å². The summed E-state index contributed by atoms with van der Waals surface area (Å²) in [6.07, 6.45) is 17.6. The van der Waals surface area contributed by atoms with E-state index in [2.05, 4.69) is 194 Å². The van der Waals surface area contributed by atoms with Crippen molar-refractivity contribution < 1.29 is 0 Å². The molecule has 2 heterocycles. The van der Waals surface area contributed by atoms with Crippen molar-refractivity contribution in [1.82, 2.24) is 0 Å². The first kappa shape index (κ1) is 29.1. The fourth-order valence-corrected chi connectivity index (χ4v) is 7.39. The van der Waals surface area contributed by atoms with Crippen molar-refractivity contribution in [3.05, 3.63) is 177 Å². The molecule has 0 unspecified atom stereocenters. The fourth-order valence-electron chi connectivity index (χ4n) is 7.39. The van der Waals surface area contributed by atoms with Crippen molar-refractivity contribution in [2.75, 3.05) is 10.6 Å². The predicted octanol–water partition coefficient (Wildman–Crippen LogP) is 12.8. The van der Waals surface area contributed by atoms with Gasteiger partial charge in [-0.15, -0.1) is 0 Å². The van der Waals surface area contributed by atoms with E-state index in [1.807, 2.05) is 0 Å². The Kier molecular flexibility index (Phi) is 6.84. The summed E-state index contributed by atoms with van der Waals surface area (Å²) in [4.78, 5) is 0. The van der Waals surface area contributed by atoms with Crippen LogP contribution in [0.25, 0.3) is 59.7 Å². The lowest BCUT2D eigenvalue weighted by Gasteiger charge is -2.22. The lowest BCUT2D eigenvalue weighted by atomic mass is 9.81. The maximum absolute atomic E-state index is 3.63. The average molecular weight is 629 g/mol. The molecule has 49 heavy (non-hydrogen) atoms. The van der Waals surface area contributed by atoms with Crippen LogP contribution < -0.4 is 10.6 Å². The third-order valence-corrected chi connectivity index (χ3v) is 10.2. The minimum atomic E-state index is -0.0974. The quantitative estimate of drug-likeness (QED) is 0.190. The van der Waals surface area contributed by atoms with Crippen LogP contribution in [0.4, 0.5) is 22.7 Å². The van der Waals surface area contributed by atoms with Crippen LogP contribution >= 0.6 is 0 Å². The summed E-state index contributed by atoms with van der Waals surface area (Å²) in [6, 6.07) is 43.9. The zero-order valence-electron chi connectivity index (χ0n) is 27.7. The minimum absolute atomic E-state index is 0.0974. The highest BCUT2D eigenvalue weighted by Crippen LogP contribution is 2.49. The highest BCUT2D eigenvalue weighted by atomic mass is 14.9. The molecule has 2 heteroatoms. The first-order valence-electron chi connectivity index (χ1n) is 17.0. The van der Waals surface area contributed by atoms with Crippen LogP contribution in [0.5, 0.6) is 0 Å². The normalized spacial score (nSPS) is 14.5. The third-order valence-electron chi connectivity index (χ3n) is 10.2. The largest absolute Gasteiger partial charge is 0.355 e. The number of nitrogens with one attached hydrogen (secondary N) is 2. The molecule has 2 nitrogen and oxygen atoms in total. The van der Waals surface area contributed by atoms with Crippen molar-refractivity contribution in [3.63, 3.8) is 0 Å². The molecule has 0 spiro atoms. The lowest BCUT2D eigenvalue weighted by molar-refractivity contribution is 0.660. The summed E-state index contributed by atoms with van der Waals surface area (Å²) >= 11 is 0. The van der Waals surface area contributed by atoms with Crippen molar-refractivity contribution in [2.24, 2.45) is 0 Å². The summed E-state index contributed by atoms with van der Waals surface area (Å²) in [5.41, 5.74) is 19.4. The average Bonchev–Trinajstić information content (AvgIpc) is 3.29. The Hall–Kier alpha value is -6.12. The molecule has 0 amide bonds. The molecular formula is C47H36N2. The zero-order valence-corrected chi connectivity index (χ0v) is 27.7. The molecule has 0 fully saturated rings. The molecule has 2 aliphatic heterocycles. The maximum Gasteiger partial charge on any atom is 0.0464 e. The molecule has 6 aromatic carbocycles. The van der Waals surface area contributed by atoms with Gasteiger partial charge in [0.25, 0.3) is 0 Å². The van der Waals surface area contributed by atoms with Gasteiger partial charge in [-0.2, -0.15) is 0 Å². The van der Waals surface area contributed by atoms with Gasteiger partial charge in [-0.05, 0) is 91.0 Å². The summed E-state index contributed by atoms with van der Waals surface area (Å²) in [6.45, 7) is 4.71. The smallest absolute Gasteiger partial charge is 0.0464 e. The van der Waals surface area contributed by atoms with E-state index in [-0.39, 0.29) is 5.41 Å². The molecule has 6 aromatic rings. The molecule has 2 N–H and O–H groups in total. The van der Waals surface area contributed by atoms with Crippen LogP contribution in [-0.4, -0.2) is 0 Å². The number of benzene rings is 6. The van der Waals surface area contributed by atoms with Gasteiger partial charge in [-0.1, -0.05) is 160 Å². The van der Waals surface area contributed by atoms with Crippen molar-refractivity contribution in [3.8, 4) is 11.1 Å². The van der Waals surface area contributed by atoms with Crippen LogP contribution in [0.1, 0.15) is 69.5 Å². The third kappa shape index (κ3) is 5.32. The molecule has 9 rings (SSSR count). The van der Waals surface area contributed by atoms with E-state index in [4.69, 9.17) is 0 Å². The van der Waals surface area contributed by atoms with Gasteiger partial charge < -0.3 is 10.6 Å². The number of hydrogen-bond acceptors (Lipinski definition) is 2. The molecular weight excluding hydrogens is 593 g/mol. The van der Waals surface area contributed by atoms with E-state index in [9.17, 15) is 0 Å². The monoisotopic (exact) mass is 628 g/mol. The summed E-state index contributed by atoms with van der Waals surface area (Å²) in [7, 11) is 0. The van der Waals surface area contributed by atoms with E-state index in [1.54, 1.807) is 0 Å². The first-order valence-corrected chi connectivity index (χ1v) is 17.0. The standard InChI is InChI=1S/C47H36N2/c1-47(2)41-27-31(11-13-33-15-19-37-23-21-35-7-3-5-9-43(35)48-45(37)29-33)17-25-39(41)40-26-18-32(28-42(40)47)12-14-34-16-20-38-24-22-36-8-4-6-10-44(36)49-46(38)30-34/h3-30,48-49H,1-2H3/b13-11+,14-12+. The van der Waals surface area contributed by atoms with Crippen molar-refractivity contribution in [2.45, 2.75) is 19.3 Å². The van der Waals surface area contributed by atoms with Gasteiger partial charge in [0.15, 0.2) is 0 Å². The van der Waals surface area contributed by atoms with Gasteiger partial charge in [-0.3, -0.25) is 0 Å². The topological polar surface area (TPSA) is 24.1 Å². The second kappa shape index (κ2) is 11.5. The van der Waals surface area contributed by atoms with E-state index in [0.29, 0.717) is 0 Å². The fraction of sp³-hybridized carbons (Fsp3) is 0.0638. The summed E-state index contributed by atoms with van der Waals surface area (Å²) in [5, 5.41) is 7.26. The Balaban J connectivity index is 0.951. The molecule has 0 bridgehead atoms. The molecule has 0 saturated heterocycles. The molecule has 0 radical (unpaired) electrons. The van der Waals surface area contributed by atoms with E-state index >= 15 is 0 Å². The molecule has 0 saturated carbocycles. The number of hydrogen-bond donors (Lipinski definition) is 2. The first-order chi connectivity index (χ1) is 24.0. The van der Waals surface area contributed by atoms with Gasteiger partial charge in [0.05, 0.1) is 0 Å². The molecule has 234 valence electrons. The van der Waals surface area contributed by atoms with Crippen LogP contribution in [0.3, 0.4) is 0 Å². The maximum atomic E-state index is 3.63. The molecule has 0 aromatic heterocycles. The van der Waals surface area contributed by atoms with Gasteiger partial charge in [0.2, 0.25) is 0 Å². The van der Waals surface area contributed by atoms with Crippen LogP contribution in [-0.2, 0) is 5.41 Å². The number of anilines is 4.